The van der Waals surface area contributed by atoms with Gasteiger partial charge < -0.3 is 10.6 Å². The van der Waals surface area contributed by atoms with Crippen LogP contribution >= 0.6 is 0 Å². The van der Waals surface area contributed by atoms with Crippen molar-refractivity contribution < 1.29 is 0 Å². The van der Waals surface area contributed by atoms with Gasteiger partial charge in [0.25, 0.3) is 0 Å². The fraction of sp³-hybridized carbons (Fsp3) is 0.500. The molecule has 13 heavy (non-hydrogen) atoms. The average molecular weight is 177 g/mol. The van der Waals surface area contributed by atoms with Gasteiger partial charge in [-0.1, -0.05) is 0 Å². The minimum absolute atomic E-state index is 0.615. The smallest absolute Gasteiger partial charge is 0.0738 e. The van der Waals surface area contributed by atoms with Crippen LogP contribution in [0.1, 0.15) is 19.8 Å². The summed E-state index contributed by atoms with van der Waals surface area (Å²) in [6.45, 7) is 3.36. The summed E-state index contributed by atoms with van der Waals surface area (Å²) in [4.78, 5) is 6.35. The molecule has 1 aliphatic heterocycles. The van der Waals surface area contributed by atoms with E-state index >= 15 is 0 Å². The lowest BCUT2D eigenvalue weighted by Gasteiger charge is -2.24. The van der Waals surface area contributed by atoms with Gasteiger partial charge in [0.05, 0.1) is 17.6 Å². The maximum Gasteiger partial charge on any atom is 0.0738 e. The molecule has 1 aliphatic rings. The van der Waals surface area contributed by atoms with Gasteiger partial charge in [-0.25, -0.2) is 0 Å². The van der Waals surface area contributed by atoms with Crippen LogP contribution in [0.5, 0.6) is 0 Å². The molecule has 1 aromatic heterocycles. The first-order valence-corrected chi connectivity index (χ1v) is 4.75. The Bertz CT molecular complexity index is 298. The molecule has 1 saturated heterocycles. The Kier molecular flexibility index (Phi) is 2.08. The van der Waals surface area contributed by atoms with E-state index in [1.807, 2.05) is 6.07 Å². The predicted molar refractivity (Wildman–Crippen MR) is 54.7 cm³/mol. The number of hydrogen-bond acceptors (Lipinski definition) is 3. The molecule has 1 fully saturated rings. The lowest BCUT2D eigenvalue weighted by atomic mass is 10.2. The highest BCUT2D eigenvalue weighted by Crippen LogP contribution is 2.28. The summed E-state index contributed by atoms with van der Waals surface area (Å²) in [5.41, 5.74) is 7.79. The molecule has 2 rings (SSSR count). The van der Waals surface area contributed by atoms with Crippen molar-refractivity contribution in [3.05, 3.63) is 18.5 Å². The zero-order valence-electron chi connectivity index (χ0n) is 7.90. The van der Waals surface area contributed by atoms with Crippen LogP contribution in [-0.2, 0) is 0 Å². The molecule has 1 unspecified atom stereocenters. The number of rotatable bonds is 1. The summed E-state index contributed by atoms with van der Waals surface area (Å²) >= 11 is 0. The van der Waals surface area contributed by atoms with E-state index in [-0.39, 0.29) is 0 Å². The number of nitrogen functional groups attached to an aromatic ring is 1. The highest BCUT2D eigenvalue weighted by molar-refractivity contribution is 5.66. The van der Waals surface area contributed by atoms with Crippen molar-refractivity contribution in [2.75, 3.05) is 17.2 Å². The molecule has 0 radical (unpaired) electrons. The number of pyridine rings is 1. The Morgan fingerprint density at radius 1 is 1.62 bits per heavy atom. The van der Waals surface area contributed by atoms with Crippen LogP contribution in [-0.4, -0.2) is 17.6 Å². The topological polar surface area (TPSA) is 42.2 Å². The fourth-order valence-corrected chi connectivity index (χ4v) is 1.95. The summed E-state index contributed by atoms with van der Waals surface area (Å²) in [6.07, 6.45) is 6.06. The van der Waals surface area contributed by atoms with Gasteiger partial charge in [0.1, 0.15) is 0 Å². The van der Waals surface area contributed by atoms with Crippen molar-refractivity contribution in [1.29, 1.82) is 0 Å². The highest BCUT2D eigenvalue weighted by Gasteiger charge is 2.21. The lowest BCUT2D eigenvalue weighted by molar-refractivity contribution is 0.735. The number of aromatic nitrogens is 1. The van der Waals surface area contributed by atoms with Crippen molar-refractivity contribution >= 4 is 11.4 Å². The summed E-state index contributed by atoms with van der Waals surface area (Å²) in [7, 11) is 0. The van der Waals surface area contributed by atoms with Crippen LogP contribution < -0.4 is 10.6 Å². The van der Waals surface area contributed by atoms with E-state index in [2.05, 4.69) is 16.8 Å². The Balaban J connectivity index is 2.29. The third-order valence-corrected chi connectivity index (χ3v) is 2.69. The van der Waals surface area contributed by atoms with Gasteiger partial charge in [-0.3, -0.25) is 4.98 Å². The van der Waals surface area contributed by atoms with E-state index in [1.54, 1.807) is 12.4 Å². The molecular formula is C10H15N3. The van der Waals surface area contributed by atoms with E-state index in [1.165, 1.54) is 12.8 Å². The third kappa shape index (κ3) is 1.46. The second kappa shape index (κ2) is 3.24. The van der Waals surface area contributed by atoms with Crippen LogP contribution in [0.25, 0.3) is 0 Å². The summed E-state index contributed by atoms with van der Waals surface area (Å²) in [6, 6.07) is 2.61. The molecule has 0 spiro atoms. The highest BCUT2D eigenvalue weighted by atomic mass is 15.2. The lowest BCUT2D eigenvalue weighted by Crippen LogP contribution is -2.27. The Morgan fingerprint density at radius 2 is 2.46 bits per heavy atom. The summed E-state index contributed by atoms with van der Waals surface area (Å²) in [5.74, 6) is 0. The van der Waals surface area contributed by atoms with E-state index < -0.39 is 0 Å². The number of nitrogens with zero attached hydrogens (tertiary/aromatic N) is 2. The van der Waals surface area contributed by atoms with Crippen LogP contribution in [0.4, 0.5) is 11.4 Å². The molecule has 3 nitrogen and oxygen atoms in total. The van der Waals surface area contributed by atoms with Gasteiger partial charge >= 0.3 is 0 Å². The maximum absolute atomic E-state index is 5.86. The minimum Gasteiger partial charge on any atom is -0.396 e. The SMILES string of the molecule is CC1CCCN1c1ccncc1N. The summed E-state index contributed by atoms with van der Waals surface area (Å²) in [5, 5.41) is 0. The molecule has 2 N–H and O–H groups in total. The van der Waals surface area contributed by atoms with Gasteiger partial charge in [-0.2, -0.15) is 0 Å². The van der Waals surface area contributed by atoms with Crippen LogP contribution in [0.3, 0.4) is 0 Å². The molecule has 0 aliphatic carbocycles. The van der Waals surface area contributed by atoms with E-state index in [0.29, 0.717) is 6.04 Å². The van der Waals surface area contributed by atoms with Crippen molar-refractivity contribution in [2.45, 2.75) is 25.8 Å². The quantitative estimate of drug-likeness (QED) is 0.709. The zero-order chi connectivity index (χ0) is 9.26. The van der Waals surface area contributed by atoms with Crippen LogP contribution in [0, 0.1) is 0 Å². The summed E-state index contributed by atoms with van der Waals surface area (Å²) < 4.78 is 0. The Labute approximate surface area is 78.6 Å². The normalized spacial score (nSPS) is 22.2. The van der Waals surface area contributed by atoms with Crippen LogP contribution in [0.15, 0.2) is 18.5 Å². The van der Waals surface area contributed by atoms with Crippen molar-refractivity contribution in [3.63, 3.8) is 0 Å². The number of nitrogens with two attached hydrogens (primary N) is 1. The minimum atomic E-state index is 0.615. The van der Waals surface area contributed by atoms with Gasteiger partial charge in [0.15, 0.2) is 0 Å². The van der Waals surface area contributed by atoms with Gasteiger partial charge in [0, 0.05) is 18.8 Å². The van der Waals surface area contributed by atoms with E-state index in [0.717, 1.165) is 17.9 Å². The van der Waals surface area contributed by atoms with Gasteiger partial charge in [0.2, 0.25) is 0 Å². The first kappa shape index (κ1) is 8.35. The molecule has 2 heterocycles. The average Bonchev–Trinajstić information content (AvgIpc) is 2.52. The number of anilines is 2. The van der Waals surface area contributed by atoms with Crippen molar-refractivity contribution in [2.24, 2.45) is 0 Å². The molecule has 70 valence electrons. The molecule has 0 saturated carbocycles. The molecule has 0 amide bonds. The molecular weight excluding hydrogens is 162 g/mol. The molecule has 0 aromatic carbocycles. The molecule has 3 heteroatoms. The monoisotopic (exact) mass is 177 g/mol. The molecule has 1 atom stereocenters. The standard InChI is InChI=1S/C10H15N3/c1-8-3-2-6-13(8)10-4-5-12-7-9(10)11/h4-5,7-8H,2-3,6,11H2,1H3. The fourth-order valence-electron chi connectivity index (χ4n) is 1.95. The second-order valence-electron chi connectivity index (χ2n) is 3.62. The Hall–Kier alpha value is -1.25. The first-order chi connectivity index (χ1) is 6.29. The first-order valence-electron chi connectivity index (χ1n) is 4.75. The van der Waals surface area contributed by atoms with E-state index in [4.69, 9.17) is 5.73 Å². The van der Waals surface area contributed by atoms with E-state index in [9.17, 15) is 0 Å². The van der Waals surface area contributed by atoms with Crippen molar-refractivity contribution in [1.82, 2.24) is 4.98 Å². The third-order valence-electron chi connectivity index (χ3n) is 2.69. The van der Waals surface area contributed by atoms with Crippen LogP contribution in [0.2, 0.25) is 0 Å². The second-order valence-corrected chi connectivity index (χ2v) is 3.62. The maximum atomic E-state index is 5.86. The number of hydrogen-bond donors (Lipinski definition) is 1. The predicted octanol–water partition coefficient (Wildman–Crippen LogP) is 1.65. The van der Waals surface area contributed by atoms with Gasteiger partial charge in [-0.05, 0) is 25.8 Å². The molecule has 1 aromatic rings. The zero-order valence-corrected chi connectivity index (χ0v) is 7.90. The largest absolute Gasteiger partial charge is 0.396 e. The van der Waals surface area contributed by atoms with Crippen molar-refractivity contribution in [3.8, 4) is 0 Å². The van der Waals surface area contributed by atoms with Gasteiger partial charge in [-0.15, -0.1) is 0 Å². The molecule has 0 bridgehead atoms. The Morgan fingerprint density at radius 3 is 3.08 bits per heavy atom.